The Morgan fingerprint density at radius 3 is 2.41 bits per heavy atom. The first-order valence-corrected chi connectivity index (χ1v) is 11.7. The highest BCUT2D eigenvalue weighted by atomic mass is 32.2. The minimum absolute atomic E-state index is 0.00715. The summed E-state index contributed by atoms with van der Waals surface area (Å²) in [6.45, 7) is 0.365. The zero-order valence-electron chi connectivity index (χ0n) is 17.3. The first-order chi connectivity index (χ1) is 15.4. The molecule has 0 saturated heterocycles. The Hall–Kier alpha value is -3.30. The fourth-order valence-corrected chi connectivity index (χ4v) is 5.20. The van der Waals surface area contributed by atoms with Gasteiger partial charge in [0, 0.05) is 18.8 Å². The maximum absolute atomic E-state index is 13.2. The number of fused-ring (bicyclic) bond motifs is 1. The highest BCUT2D eigenvalue weighted by molar-refractivity contribution is 7.89. The van der Waals surface area contributed by atoms with Crippen molar-refractivity contribution in [2.24, 2.45) is 0 Å². The molecule has 0 radical (unpaired) electrons. The number of carboxylic acid groups (broad SMARTS) is 1. The minimum Gasteiger partial charge on any atom is -0.494 e. The first-order valence-electron chi connectivity index (χ1n) is 10.3. The van der Waals surface area contributed by atoms with E-state index in [-0.39, 0.29) is 17.9 Å². The number of aromatic nitrogens is 2. The van der Waals surface area contributed by atoms with Crippen LogP contribution >= 0.6 is 0 Å². The van der Waals surface area contributed by atoms with Crippen LogP contribution in [0, 0.1) is 0 Å². The van der Waals surface area contributed by atoms with Crippen LogP contribution in [0.1, 0.15) is 23.4 Å². The van der Waals surface area contributed by atoms with E-state index in [1.54, 1.807) is 12.1 Å². The molecule has 1 N–H and O–H groups in total. The maximum Gasteiger partial charge on any atom is 0.322 e. The standard InChI is InChI=1S/C23H23N3O5S/c27-23(28)22-15-20-21(25-13-12-24-20)16-26(22)32(29,30)19-10-8-18(9-11-19)31-14-4-7-17-5-2-1-3-6-17/h1-3,5-6,8-13,22H,4,7,14-16H2,(H,27,28). The van der Waals surface area contributed by atoms with Gasteiger partial charge in [-0.25, -0.2) is 8.42 Å². The van der Waals surface area contributed by atoms with E-state index in [4.69, 9.17) is 4.74 Å². The van der Waals surface area contributed by atoms with Crippen LogP contribution in [-0.2, 0) is 34.2 Å². The summed E-state index contributed by atoms with van der Waals surface area (Å²) in [4.78, 5) is 20.1. The lowest BCUT2D eigenvalue weighted by Crippen LogP contribution is -2.49. The quantitative estimate of drug-likeness (QED) is 0.522. The number of sulfonamides is 1. The van der Waals surface area contributed by atoms with Gasteiger partial charge in [0.15, 0.2) is 0 Å². The number of aryl methyl sites for hydroxylation is 1. The van der Waals surface area contributed by atoms with Crippen molar-refractivity contribution >= 4 is 16.0 Å². The van der Waals surface area contributed by atoms with Crippen LogP contribution in [0.2, 0.25) is 0 Å². The van der Waals surface area contributed by atoms with Crippen molar-refractivity contribution in [2.75, 3.05) is 6.61 Å². The molecule has 1 aromatic heterocycles. The van der Waals surface area contributed by atoms with E-state index in [0.717, 1.165) is 17.1 Å². The average Bonchev–Trinajstić information content (AvgIpc) is 2.82. The van der Waals surface area contributed by atoms with Crippen molar-refractivity contribution in [1.29, 1.82) is 0 Å². The van der Waals surface area contributed by atoms with E-state index >= 15 is 0 Å². The Morgan fingerprint density at radius 2 is 1.72 bits per heavy atom. The molecular formula is C23H23N3O5S. The van der Waals surface area contributed by atoms with Gasteiger partial charge in [0.05, 0.1) is 29.4 Å². The summed E-state index contributed by atoms with van der Waals surface area (Å²) in [5.41, 5.74) is 2.20. The van der Waals surface area contributed by atoms with Gasteiger partial charge < -0.3 is 9.84 Å². The number of aliphatic carboxylic acids is 1. The second-order valence-corrected chi connectivity index (χ2v) is 9.36. The average molecular weight is 454 g/mol. The zero-order chi connectivity index (χ0) is 22.6. The van der Waals surface area contributed by atoms with Crippen LogP contribution < -0.4 is 4.74 Å². The summed E-state index contributed by atoms with van der Waals surface area (Å²) in [6.07, 6.45) is 4.64. The predicted molar refractivity (Wildman–Crippen MR) is 117 cm³/mol. The Labute approximate surface area is 186 Å². The second kappa shape index (κ2) is 9.46. The fourth-order valence-electron chi connectivity index (χ4n) is 3.66. The molecule has 0 amide bonds. The SMILES string of the molecule is O=C(O)C1Cc2nccnc2CN1S(=O)(=O)c1ccc(OCCCc2ccccc2)cc1. The fraction of sp³-hybridized carbons (Fsp3) is 0.261. The van der Waals surface area contributed by atoms with E-state index in [1.807, 2.05) is 18.2 Å². The molecule has 3 aromatic rings. The van der Waals surface area contributed by atoms with Gasteiger partial charge >= 0.3 is 5.97 Å². The predicted octanol–water partition coefficient (Wildman–Crippen LogP) is 2.69. The molecule has 2 aromatic carbocycles. The summed E-state index contributed by atoms with van der Waals surface area (Å²) in [5.74, 6) is -0.662. The van der Waals surface area contributed by atoms with Crippen molar-refractivity contribution in [3.05, 3.63) is 83.9 Å². The molecule has 0 bridgehead atoms. The number of hydrogen-bond acceptors (Lipinski definition) is 6. The number of carboxylic acids is 1. The van der Waals surface area contributed by atoms with Crippen molar-refractivity contribution in [3.63, 3.8) is 0 Å². The number of carbonyl (C=O) groups is 1. The second-order valence-electron chi connectivity index (χ2n) is 7.47. The van der Waals surface area contributed by atoms with Crippen molar-refractivity contribution in [1.82, 2.24) is 14.3 Å². The molecule has 8 nitrogen and oxygen atoms in total. The number of rotatable bonds is 8. The minimum atomic E-state index is -4.05. The molecule has 0 aliphatic carbocycles. The summed E-state index contributed by atoms with van der Waals surface area (Å²) in [7, 11) is -4.05. The largest absolute Gasteiger partial charge is 0.494 e. The molecule has 4 rings (SSSR count). The van der Waals surface area contributed by atoms with Crippen LogP contribution in [0.5, 0.6) is 5.75 Å². The summed E-state index contributed by atoms with van der Waals surface area (Å²) in [6, 6.07) is 14.9. The Balaban J connectivity index is 1.43. The Morgan fingerprint density at radius 1 is 1.03 bits per heavy atom. The Bertz CT molecular complexity index is 1180. The number of nitrogens with zero attached hydrogens (tertiary/aromatic N) is 3. The van der Waals surface area contributed by atoms with Crippen LogP contribution in [0.3, 0.4) is 0 Å². The third-order valence-corrected chi connectivity index (χ3v) is 7.21. The molecule has 1 aliphatic rings. The molecular weight excluding hydrogens is 430 g/mol. The molecule has 0 spiro atoms. The summed E-state index contributed by atoms with van der Waals surface area (Å²) in [5, 5.41) is 9.62. The molecule has 166 valence electrons. The molecule has 1 unspecified atom stereocenters. The van der Waals surface area contributed by atoms with Crippen molar-refractivity contribution in [3.8, 4) is 5.75 Å². The van der Waals surface area contributed by atoms with Crippen LogP contribution in [0.4, 0.5) is 0 Å². The first kappa shape index (κ1) is 21.9. The van der Waals surface area contributed by atoms with Gasteiger partial charge in [0.1, 0.15) is 11.8 Å². The van der Waals surface area contributed by atoms with Gasteiger partial charge in [0.25, 0.3) is 0 Å². The smallest absolute Gasteiger partial charge is 0.322 e. The lowest BCUT2D eigenvalue weighted by atomic mass is 10.1. The van der Waals surface area contributed by atoms with Gasteiger partial charge in [-0.3, -0.25) is 14.8 Å². The molecule has 2 heterocycles. The zero-order valence-corrected chi connectivity index (χ0v) is 18.1. The maximum atomic E-state index is 13.2. The molecule has 9 heteroatoms. The third kappa shape index (κ3) is 4.79. The van der Waals surface area contributed by atoms with E-state index in [9.17, 15) is 18.3 Å². The lowest BCUT2D eigenvalue weighted by molar-refractivity contribution is -0.141. The summed E-state index contributed by atoms with van der Waals surface area (Å²) >= 11 is 0. The molecule has 0 saturated carbocycles. The number of benzene rings is 2. The van der Waals surface area contributed by atoms with E-state index in [2.05, 4.69) is 22.1 Å². The van der Waals surface area contributed by atoms with Gasteiger partial charge in [-0.2, -0.15) is 4.31 Å². The van der Waals surface area contributed by atoms with Gasteiger partial charge in [-0.05, 0) is 42.7 Å². The molecule has 0 fully saturated rings. The highest BCUT2D eigenvalue weighted by Crippen LogP contribution is 2.28. The van der Waals surface area contributed by atoms with Crippen LogP contribution in [-0.4, -0.2) is 46.4 Å². The van der Waals surface area contributed by atoms with Gasteiger partial charge in [-0.15, -0.1) is 0 Å². The van der Waals surface area contributed by atoms with Gasteiger partial charge in [-0.1, -0.05) is 30.3 Å². The third-order valence-electron chi connectivity index (χ3n) is 5.34. The molecule has 1 aliphatic heterocycles. The van der Waals surface area contributed by atoms with Crippen LogP contribution in [0.15, 0.2) is 71.9 Å². The van der Waals surface area contributed by atoms with E-state index < -0.39 is 22.0 Å². The monoisotopic (exact) mass is 453 g/mol. The molecule has 1 atom stereocenters. The highest BCUT2D eigenvalue weighted by Gasteiger charge is 2.40. The Kier molecular flexibility index (Phi) is 6.48. The normalized spacial score (nSPS) is 16.3. The summed E-state index contributed by atoms with van der Waals surface area (Å²) < 4.78 is 33.1. The van der Waals surface area contributed by atoms with Crippen molar-refractivity contribution < 1.29 is 23.1 Å². The number of ether oxygens (including phenoxy) is 1. The number of hydrogen-bond donors (Lipinski definition) is 1. The van der Waals surface area contributed by atoms with Gasteiger partial charge in [0.2, 0.25) is 10.0 Å². The van der Waals surface area contributed by atoms with E-state index in [1.165, 1.54) is 30.1 Å². The lowest BCUT2D eigenvalue weighted by Gasteiger charge is -2.32. The van der Waals surface area contributed by atoms with Crippen molar-refractivity contribution in [2.45, 2.75) is 36.7 Å². The van der Waals surface area contributed by atoms with E-state index in [0.29, 0.717) is 23.7 Å². The van der Waals surface area contributed by atoms with Crippen LogP contribution in [0.25, 0.3) is 0 Å². The topological polar surface area (TPSA) is 110 Å². The molecule has 32 heavy (non-hydrogen) atoms.